The number of benzene rings is 1. The molecule has 0 radical (unpaired) electrons. The number of aryl methyl sites for hydroxylation is 2. The molecule has 6 heteroatoms. The molecule has 33 heavy (non-hydrogen) atoms. The molecular weight excluding hydrogens is 418 g/mol. The number of aromatic nitrogens is 1. The van der Waals surface area contributed by atoms with Gasteiger partial charge >= 0.3 is 5.97 Å². The Morgan fingerprint density at radius 2 is 1.79 bits per heavy atom. The van der Waals surface area contributed by atoms with Gasteiger partial charge in [0.2, 0.25) is 0 Å². The quantitative estimate of drug-likeness (QED) is 0.278. The molecular formula is C27H37NO5. The van der Waals surface area contributed by atoms with Gasteiger partial charge in [0, 0.05) is 18.7 Å². The van der Waals surface area contributed by atoms with Crippen molar-refractivity contribution >= 4 is 12.0 Å². The molecule has 1 aromatic heterocycles. The summed E-state index contributed by atoms with van der Waals surface area (Å²) in [5.41, 5.74) is 2.95. The first kappa shape index (κ1) is 26.4. The van der Waals surface area contributed by atoms with Crippen LogP contribution in [0.5, 0.6) is 11.5 Å². The normalized spacial score (nSPS) is 11.0. The van der Waals surface area contributed by atoms with E-state index in [-0.39, 0.29) is 19.0 Å². The molecule has 0 saturated heterocycles. The standard InChI is InChI=1S/C27H37NO5/c1-31-24-15-12-22(13-16-24)10-6-3-4-9-21-33-26-18-14-23(11-7-5-8-20-29)28-25(26)17-19-27(30)32-2/h6,10,12-16,18,29H,3-5,7-9,11,17,19-21H2,1-2H3/b10-6+. The Bertz CT molecular complexity index is 848. The van der Waals surface area contributed by atoms with E-state index in [1.807, 2.05) is 36.4 Å². The number of rotatable bonds is 16. The third kappa shape index (κ3) is 10.5. The van der Waals surface area contributed by atoms with Crippen molar-refractivity contribution in [2.24, 2.45) is 0 Å². The fourth-order valence-electron chi connectivity index (χ4n) is 3.38. The van der Waals surface area contributed by atoms with E-state index in [4.69, 9.17) is 24.3 Å². The highest BCUT2D eigenvalue weighted by atomic mass is 16.5. The molecule has 0 unspecified atom stereocenters. The minimum Gasteiger partial charge on any atom is -0.497 e. The van der Waals surface area contributed by atoms with E-state index in [1.165, 1.54) is 7.11 Å². The van der Waals surface area contributed by atoms with E-state index in [0.717, 1.165) is 73.4 Å². The highest BCUT2D eigenvalue weighted by Crippen LogP contribution is 2.21. The van der Waals surface area contributed by atoms with Gasteiger partial charge in [0.1, 0.15) is 11.5 Å². The highest BCUT2D eigenvalue weighted by Gasteiger charge is 2.10. The number of aliphatic hydroxyl groups excluding tert-OH is 1. The van der Waals surface area contributed by atoms with Gasteiger partial charge in [-0.3, -0.25) is 9.78 Å². The summed E-state index contributed by atoms with van der Waals surface area (Å²) in [5, 5.41) is 8.93. The predicted octanol–water partition coefficient (Wildman–Crippen LogP) is 5.16. The smallest absolute Gasteiger partial charge is 0.305 e. The van der Waals surface area contributed by atoms with Crippen LogP contribution in [0.3, 0.4) is 0 Å². The average molecular weight is 456 g/mol. The van der Waals surface area contributed by atoms with Gasteiger partial charge in [-0.25, -0.2) is 0 Å². The maximum Gasteiger partial charge on any atom is 0.305 e. The summed E-state index contributed by atoms with van der Waals surface area (Å²) in [6.07, 6.45) is 11.6. The molecule has 2 aromatic rings. The van der Waals surface area contributed by atoms with E-state index in [9.17, 15) is 4.79 Å². The second kappa shape index (κ2) is 15.9. The minimum atomic E-state index is -0.250. The molecule has 6 nitrogen and oxygen atoms in total. The molecule has 0 bridgehead atoms. The summed E-state index contributed by atoms with van der Waals surface area (Å²) in [5.74, 6) is 1.35. The van der Waals surface area contributed by atoms with Gasteiger partial charge in [-0.05, 0) is 68.4 Å². The summed E-state index contributed by atoms with van der Waals surface area (Å²) >= 11 is 0. The van der Waals surface area contributed by atoms with Crippen LogP contribution in [0.1, 0.15) is 61.9 Å². The van der Waals surface area contributed by atoms with Crippen molar-refractivity contribution < 1.29 is 24.1 Å². The number of unbranched alkanes of at least 4 members (excludes halogenated alkanes) is 4. The van der Waals surface area contributed by atoms with Crippen molar-refractivity contribution in [3.05, 3.63) is 59.4 Å². The number of methoxy groups -OCH3 is 2. The number of nitrogens with zero attached hydrogens (tertiary/aromatic N) is 1. The molecule has 0 aliphatic carbocycles. The number of pyridine rings is 1. The summed E-state index contributed by atoms with van der Waals surface area (Å²) in [4.78, 5) is 16.3. The minimum absolute atomic E-state index is 0.224. The Morgan fingerprint density at radius 1 is 0.970 bits per heavy atom. The van der Waals surface area contributed by atoms with Gasteiger partial charge < -0.3 is 19.3 Å². The Balaban J connectivity index is 1.80. The summed E-state index contributed by atoms with van der Waals surface area (Å²) in [6.45, 7) is 0.834. The molecule has 0 spiro atoms. The number of allylic oxidation sites excluding steroid dienone is 1. The average Bonchev–Trinajstić information content (AvgIpc) is 2.85. The summed E-state index contributed by atoms with van der Waals surface area (Å²) in [7, 11) is 3.06. The summed E-state index contributed by atoms with van der Waals surface area (Å²) < 4.78 is 16.0. The lowest BCUT2D eigenvalue weighted by atomic mass is 10.1. The Morgan fingerprint density at radius 3 is 2.52 bits per heavy atom. The van der Waals surface area contributed by atoms with Crippen LogP contribution in [0.2, 0.25) is 0 Å². The van der Waals surface area contributed by atoms with Crippen LogP contribution in [0.15, 0.2) is 42.5 Å². The topological polar surface area (TPSA) is 77.9 Å². The lowest BCUT2D eigenvalue weighted by Gasteiger charge is -2.12. The number of esters is 1. The summed E-state index contributed by atoms with van der Waals surface area (Å²) in [6, 6.07) is 12.0. The van der Waals surface area contributed by atoms with Crippen LogP contribution in [0.25, 0.3) is 6.08 Å². The van der Waals surface area contributed by atoms with E-state index in [0.29, 0.717) is 13.0 Å². The monoisotopic (exact) mass is 455 g/mol. The Labute approximate surface area is 197 Å². The first-order valence-corrected chi connectivity index (χ1v) is 11.8. The van der Waals surface area contributed by atoms with Crippen molar-refractivity contribution in [2.75, 3.05) is 27.4 Å². The van der Waals surface area contributed by atoms with Crippen molar-refractivity contribution in [1.82, 2.24) is 4.98 Å². The van der Waals surface area contributed by atoms with Crippen LogP contribution in [0, 0.1) is 0 Å². The largest absolute Gasteiger partial charge is 0.497 e. The second-order valence-corrected chi connectivity index (χ2v) is 7.88. The molecule has 0 aliphatic rings. The van der Waals surface area contributed by atoms with Gasteiger partial charge in [0.15, 0.2) is 0 Å². The van der Waals surface area contributed by atoms with Crippen molar-refractivity contribution in [3.8, 4) is 11.5 Å². The third-order valence-electron chi connectivity index (χ3n) is 5.32. The zero-order valence-corrected chi connectivity index (χ0v) is 19.9. The molecule has 0 amide bonds. The highest BCUT2D eigenvalue weighted by molar-refractivity contribution is 5.69. The van der Waals surface area contributed by atoms with Gasteiger partial charge in [0.25, 0.3) is 0 Å². The first-order chi connectivity index (χ1) is 16.2. The number of hydrogen-bond donors (Lipinski definition) is 1. The van der Waals surface area contributed by atoms with E-state index < -0.39 is 0 Å². The van der Waals surface area contributed by atoms with Crippen LogP contribution < -0.4 is 9.47 Å². The van der Waals surface area contributed by atoms with Crippen molar-refractivity contribution in [3.63, 3.8) is 0 Å². The van der Waals surface area contributed by atoms with Gasteiger partial charge in [-0.1, -0.05) is 30.7 Å². The first-order valence-electron chi connectivity index (χ1n) is 11.8. The number of aliphatic hydroxyl groups is 1. The molecule has 2 rings (SSSR count). The fourth-order valence-corrected chi connectivity index (χ4v) is 3.38. The number of carbonyl (C=O) groups is 1. The molecule has 1 N–H and O–H groups in total. The fraction of sp³-hybridized carbons (Fsp3) is 0.481. The van der Waals surface area contributed by atoms with Crippen LogP contribution >= 0.6 is 0 Å². The third-order valence-corrected chi connectivity index (χ3v) is 5.32. The van der Waals surface area contributed by atoms with Crippen molar-refractivity contribution in [2.45, 2.75) is 57.8 Å². The van der Waals surface area contributed by atoms with Crippen LogP contribution in [-0.4, -0.2) is 43.5 Å². The van der Waals surface area contributed by atoms with Gasteiger partial charge in [0.05, 0.1) is 32.9 Å². The lowest BCUT2D eigenvalue weighted by molar-refractivity contribution is -0.140. The zero-order chi connectivity index (χ0) is 23.7. The molecule has 0 aliphatic heterocycles. The molecule has 0 saturated carbocycles. The van der Waals surface area contributed by atoms with E-state index in [1.54, 1.807) is 7.11 Å². The van der Waals surface area contributed by atoms with Gasteiger partial charge in [-0.2, -0.15) is 0 Å². The zero-order valence-electron chi connectivity index (χ0n) is 19.9. The Kier molecular flexibility index (Phi) is 12.7. The van der Waals surface area contributed by atoms with Crippen molar-refractivity contribution in [1.29, 1.82) is 0 Å². The van der Waals surface area contributed by atoms with Crippen LogP contribution in [0.4, 0.5) is 0 Å². The van der Waals surface area contributed by atoms with Crippen LogP contribution in [-0.2, 0) is 22.4 Å². The number of ether oxygens (including phenoxy) is 3. The molecule has 180 valence electrons. The number of hydrogen-bond acceptors (Lipinski definition) is 6. The van der Waals surface area contributed by atoms with Gasteiger partial charge in [-0.15, -0.1) is 0 Å². The second-order valence-electron chi connectivity index (χ2n) is 7.88. The van der Waals surface area contributed by atoms with E-state index >= 15 is 0 Å². The molecule has 1 aromatic carbocycles. The molecule has 1 heterocycles. The molecule has 0 fully saturated rings. The lowest BCUT2D eigenvalue weighted by Crippen LogP contribution is -2.07. The number of carbonyl (C=O) groups excluding carboxylic acids is 1. The maximum atomic E-state index is 11.6. The SMILES string of the molecule is COC(=O)CCc1nc(CCCCCO)ccc1OCCCC/C=C/c1ccc(OC)cc1. The molecule has 0 atom stereocenters. The van der Waals surface area contributed by atoms with E-state index in [2.05, 4.69) is 12.2 Å². The maximum absolute atomic E-state index is 11.6. The predicted molar refractivity (Wildman–Crippen MR) is 131 cm³/mol. The Hall–Kier alpha value is -2.86.